The number of allylic oxidation sites excluding steroid dienone is 1. The molecule has 1 rings (SSSR count). The Morgan fingerprint density at radius 3 is 2.64 bits per heavy atom. The summed E-state index contributed by atoms with van der Waals surface area (Å²) in [5.41, 5.74) is 2.05. The molecule has 22 heavy (non-hydrogen) atoms. The highest BCUT2D eigenvalue weighted by Gasteiger charge is 2.09. The van der Waals surface area contributed by atoms with Crippen molar-refractivity contribution in [1.82, 2.24) is 4.57 Å². The van der Waals surface area contributed by atoms with Gasteiger partial charge in [0.2, 0.25) is 0 Å². The van der Waals surface area contributed by atoms with Crippen LogP contribution in [0.25, 0.3) is 6.08 Å². The number of hydrogen-bond acceptors (Lipinski definition) is 4. The Balaban J connectivity index is 2.44. The fourth-order valence-electron chi connectivity index (χ4n) is 1.88. The Hall–Kier alpha value is -1.13. The second-order valence-corrected chi connectivity index (χ2v) is 5.97. The minimum Gasteiger partial charge on any atom is -0.508 e. The first-order chi connectivity index (χ1) is 10.6. The van der Waals surface area contributed by atoms with Gasteiger partial charge in [0.1, 0.15) is 12.1 Å². The Morgan fingerprint density at radius 2 is 2.05 bits per heavy atom. The molecule has 0 aliphatic rings. The maximum Gasteiger partial charge on any atom is 0.198 e. The molecule has 124 valence electrons. The lowest BCUT2D eigenvalue weighted by Gasteiger charge is -2.16. The Morgan fingerprint density at radius 1 is 1.36 bits per heavy atom. The summed E-state index contributed by atoms with van der Waals surface area (Å²) in [5.74, 6) is 0.163. The standard InChI is InChI=1S/C16H26NO4P/c1-5-16(18)12-15-8-9-17(14(15)4)10-11-19-13-22(20-6-2)21-7-3/h5,8-9,12,18H,1,6-7,10-11,13H2,2-4H3/b16-12+. The van der Waals surface area contributed by atoms with E-state index >= 15 is 0 Å². The molecule has 1 aromatic rings. The van der Waals surface area contributed by atoms with Crippen LogP contribution in [0.1, 0.15) is 25.1 Å². The van der Waals surface area contributed by atoms with Crippen molar-refractivity contribution in [2.75, 3.05) is 26.2 Å². The van der Waals surface area contributed by atoms with Gasteiger partial charge in [0.25, 0.3) is 0 Å². The first-order valence-corrected chi connectivity index (χ1v) is 8.78. The van der Waals surface area contributed by atoms with Crippen LogP contribution in [0.2, 0.25) is 0 Å². The van der Waals surface area contributed by atoms with Crippen LogP contribution >= 0.6 is 8.38 Å². The van der Waals surface area contributed by atoms with Gasteiger partial charge in [0.05, 0.1) is 19.8 Å². The third-order valence-electron chi connectivity index (χ3n) is 3.01. The molecule has 0 fully saturated rings. The van der Waals surface area contributed by atoms with Crippen molar-refractivity contribution in [2.24, 2.45) is 0 Å². The summed E-state index contributed by atoms with van der Waals surface area (Å²) in [6.45, 7) is 12.0. The molecule has 5 nitrogen and oxygen atoms in total. The van der Waals surface area contributed by atoms with Crippen LogP contribution in [0, 0.1) is 6.92 Å². The monoisotopic (exact) mass is 327 g/mol. The van der Waals surface area contributed by atoms with Crippen molar-refractivity contribution in [2.45, 2.75) is 27.3 Å². The molecule has 0 saturated heterocycles. The molecule has 0 radical (unpaired) electrons. The molecule has 0 aliphatic carbocycles. The summed E-state index contributed by atoms with van der Waals surface area (Å²) in [5, 5.41) is 9.50. The lowest BCUT2D eigenvalue weighted by atomic mass is 10.2. The van der Waals surface area contributed by atoms with Crippen molar-refractivity contribution < 1.29 is 18.9 Å². The van der Waals surface area contributed by atoms with Crippen LogP contribution in [0.5, 0.6) is 0 Å². The molecule has 0 atom stereocenters. The molecule has 0 aliphatic heterocycles. The predicted octanol–water partition coefficient (Wildman–Crippen LogP) is 4.24. The van der Waals surface area contributed by atoms with Crippen LogP contribution in [0.4, 0.5) is 0 Å². The van der Waals surface area contributed by atoms with Crippen molar-refractivity contribution in [3.8, 4) is 0 Å². The fraction of sp³-hybridized carbons (Fsp3) is 0.500. The zero-order chi connectivity index (χ0) is 16.4. The Bertz CT molecular complexity index is 478. The van der Waals surface area contributed by atoms with Crippen molar-refractivity contribution in [3.05, 3.63) is 41.9 Å². The summed E-state index contributed by atoms with van der Waals surface area (Å²) in [4.78, 5) is 0. The lowest BCUT2D eigenvalue weighted by Crippen LogP contribution is -2.08. The number of aliphatic hydroxyl groups is 1. The van der Waals surface area contributed by atoms with E-state index in [4.69, 9.17) is 13.8 Å². The average molecular weight is 327 g/mol. The van der Waals surface area contributed by atoms with Crippen LogP contribution in [-0.2, 0) is 20.3 Å². The summed E-state index contributed by atoms with van der Waals surface area (Å²) in [7, 11) is -0.943. The fourth-order valence-corrected chi connectivity index (χ4v) is 2.96. The third-order valence-corrected chi connectivity index (χ3v) is 4.50. The van der Waals surface area contributed by atoms with Gasteiger partial charge in [-0.15, -0.1) is 0 Å². The van der Waals surface area contributed by atoms with E-state index in [1.54, 1.807) is 6.08 Å². The second-order valence-electron chi connectivity index (χ2n) is 4.53. The summed E-state index contributed by atoms with van der Waals surface area (Å²) < 4.78 is 18.7. The summed E-state index contributed by atoms with van der Waals surface area (Å²) >= 11 is 0. The van der Waals surface area contributed by atoms with E-state index in [1.165, 1.54) is 6.08 Å². The van der Waals surface area contributed by atoms with E-state index in [-0.39, 0.29) is 5.76 Å². The SMILES string of the molecule is C=C/C(O)=C\c1ccn(CCOCP(OCC)OCC)c1C. The second kappa shape index (κ2) is 10.6. The Labute approximate surface area is 134 Å². The first-order valence-electron chi connectivity index (χ1n) is 7.42. The van der Waals surface area contributed by atoms with E-state index < -0.39 is 8.38 Å². The molecular weight excluding hydrogens is 301 g/mol. The molecule has 1 heterocycles. The smallest absolute Gasteiger partial charge is 0.198 e. The van der Waals surface area contributed by atoms with Gasteiger partial charge in [-0.2, -0.15) is 0 Å². The minimum absolute atomic E-state index is 0.163. The molecule has 0 unspecified atom stereocenters. The number of hydrogen-bond donors (Lipinski definition) is 1. The van der Waals surface area contributed by atoms with Gasteiger partial charge in [-0.1, -0.05) is 6.58 Å². The predicted molar refractivity (Wildman–Crippen MR) is 91.0 cm³/mol. The summed E-state index contributed by atoms with van der Waals surface area (Å²) in [6.07, 6.45) is 5.59. The zero-order valence-electron chi connectivity index (χ0n) is 13.6. The van der Waals surface area contributed by atoms with Gasteiger partial charge >= 0.3 is 0 Å². The normalized spacial score (nSPS) is 12.1. The number of ether oxygens (including phenoxy) is 1. The highest BCUT2D eigenvalue weighted by atomic mass is 31.2. The number of nitrogens with zero attached hydrogens (tertiary/aromatic N) is 1. The molecule has 0 aromatic carbocycles. The van der Waals surface area contributed by atoms with Crippen molar-refractivity contribution in [3.63, 3.8) is 0 Å². The van der Waals surface area contributed by atoms with Gasteiger partial charge in [0, 0.05) is 18.4 Å². The Kier molecular flexibility index (Phi) is 9.09. The highest BCUT2D eigenvalue weighted by molar-refractivity contribution is 7.47. The molecule has 0 bridgehead atoms. The van der Waals surface area contributed by atoms with E-state index in [9.17, 15) is 5.11 Å². The molecule has 0 amide bonds. The van der Waals surface area contributed by atoms with Gasteiger partial charge in [-0.25, -0.2) is 0 Å². The van der Waals surface area contributed by atoms with Crippen molar-refractivity contribution in [1.29, 1.82) is 0 Å². The number of aromatic nitrogens is 1. The third kappa shape index (κ3) is 6.32. The van der Waals surface area contributed by atoms with Gasteiger partial charge in [-0.05, 0) is 44.6 Å². The maximum atomic E-state index is 9.50. The van der Waals surface area contributed by atoms with E-state index in [0.717, 1.165) is 17.8 Å². The van der Waals surface area contributed by atoms with Gasteiger partial charge in [0.15, 0.2) is 8.38 Å². The van der Waals surface area contributed by atoms with Crippen LogP contribution < -0.4 is 0 Å². The maximum absolute atomic E-state index is 9.50. The van der Waals surface area contributed by atoms with Crippen LogP contribution in [0.3, 0.4) is 0 Å². The molecule has 0 saturated carbocycles. The van der Waals surface area contributed by atoms with E-state index in [2.05, 4.69) is 11.1 Å². The van der Waals surface area contributed by atoms with Crippen molar-refractivity contribution >= 4 is 14.5 Å². The zero-order valence-corrected chi connectivity index (χ0v) is 14.5. The molecule has 6 heteroatoms. The minimum atomic E-state index is -0.943. The molecular formula is C16H26NO4P. The highest BCUT2D eigenvalue weighted by Crippen LogP contribution is 2.37. The number of rotatable bonds is 11. The van der Waals surface area contributed by atoms with Gasteiger partial charge in [-0.3, -0.25) is 0 Å². The molecule has 1 N–H and O–H groups in total. The molecule has 0 spiro atoms. The van der Waals surface area contributed by atoms with E-state index in [1.807, 2.05) is 33.0 Å². The quantitative estimate of drug-likeness (QED) is 0.286. The van der Waals surface area contributed by atoms with Crippen LogP contribution in [-0.4, -0.2) is 35.8 Å². The summed E-state index contributed by atoms with van der Waals surface area (Å²) in [6, 6.07) is 1.96. The van der Waals surface area contributed by atoms with E-state index in [0.29, 0.717) is 26.2 Å². The average Bonchev–Trinajstić information content (AvgIpc) is 2.84. The lowest BCUT2D eigenvalue weighted by molar-refractivity contribution is 0.144. The first kappa shape index (κ1) is 18.9. The number of aliphatic hydroxyl groups excluding tert-OH is 1. The topological polar surface area (TPSA) is 52.9 Å². The largest absolute Gasteiger partial charge is 0.508 e. The molecule has 1 aromatic heterocycles. The van der Waals surface area contributed by atoms with Crippen LogP contribution in [0.15, 0.2) is 30.7 Å². The van der Waals surface area contributed by atoms with Gasteiger partial charge < -0.3 is 23.5 Å².